The summed E-state index contributed by atoms with van der Waals surface area (Å²) in [5.41, 5.74) is 4.03. The number of carbonyl (C=O) groups excluding carboxylic acids is 1. The number of hydrogen-bond acceptors (Lipinski definition) is 2. The molecule has 25 heavy (non-hydrogen) atoms. The molecule has 2 aromatic rings. The highest BCUT2D eigenvalue weighted by Crippen LogP contribution is 2.51. The molecule has 2 aromatic carbocycles. The summed E-state index contributed by atoms with van der Waals surface area (Å²) >= 11 is 0. The number of carboxylic acids is 1. The van der Waals surface area contributed by atoms with Crippen LogP contribution in [0, 0.1) is 5.92 Å². The van der Waals surface area contributed by atoms with Crippen LogP contribution in [0.4, 0.5) is 0 Å². The Labute approximate surface area is 147 Å². The Bertz CT molecular complexity index is 824. The van der Waals surface area contributed by atoms with Gasteiger partial charge in [-0.1, -0.05) is 36.4 Å². The highest BCUT2D eigenvalue weighted by Gasteiger charge is 2.47. The Hall–Kier alpha value is -2.42. The maximum atomic E-state index is 12.1. The van der Waals surface area contributed by atoms with Crippen molar-refractivity contribution < 1.29 is 14.7 Å². The molecule has 1 fully saturated rings. The summed E-state index contributed by atoms with van der Waals surface area (Å²) in [6, 6.07) is 16.0. The van der Waals surface area contributed by atoms with E-state index in [-0.39, 0.29) is 5.41 Å². The lowest BCUT2D eigenvalue weighted by Crippen LogP contribution is -2.46. The monoisotopic (exact) mass is 334 g/mol. The second kappa shape index (κ2) is 6.14. The van der Waals surface area contributed by atoms with Crippen molar-refractivity contribution in [1.82, 2.24) is 0 Å². The topological polar surface area (TPSA) is 54.4 Å². The van der Waals surface area contributed by atoms with Gasteiger partial charge >= 0.3 is 5.97 Å². The zero-order valence-corrected chi connectivity index (χ0v) is 14.2. The molecule has 3 nitrogen and oxygen atoms in total. The van der Waals surface area contributed by atoms with Gasteiger partial charge < -0.3 is 5.11 Å². The third kappa shape index (κ3) is 2.78. The van der Waals surface area contributed by atoms with Crippen LogP contribution in [-0.2, 0) is 23.1 Å². The van der Waals surface area contributed by atoms with Crippen molar-refractivity contribution in [2.24, 2.45) is 5.92 Å². The minimum atomic E-state index is -0.874. The molecule has 0 aromatic heterocycles. The van der Waals surface area contributed by atoms with E-state index in [1.54, 1.807) is 6.07 Å². The molecule has 2 aliphatic carbocycles. The fourth-order valence-electron chi connectivity index (χ4n) is 4.91. The molecular formula is C22H22O3. The summed E-state index contributed by atoms with van der Waals surface area (Å²) < 4.78 is 0. The number of aromatic carboxylic acids is 1. The van der Waals surface area contributed by atoms with Crippen molar-refractivity contribution in [1.29, 1.82) is 0 Å². The van der Waals surface area contributed by atoms with Crippen LogP contribution >= 0.6 is 0 Å². The van der Waals surface area contributed by atoms with Crippen molar-refractivity contribution >= 4 is 11.8 Å². The first kappa shape index (κ1) is 16.1. The second-order valence-electron chi connectivity index (χ2n) is 7.47. The number of fused-ring (bicyclic) bond motifs is 3. The lowest BCUT2D eigenvalue weighted by molar-refractivity contribution is -0.123. The Morgan fingerprint density at radius 1 is 1.12 bits per heavy atom. The summed E-state index contributed by atoms with van der Waals surface area (Å²) in [6.45, 7) is 0. The van der Waals surface area contributed by atoms with E-state index in [0.717, 1.165) is 31.2 Å². The molecule has 0 amide bonds. The fraction of sp³-hybridized carbons (Fsp3) is 0.364. The lowest BCUT2D eigenvalue weighted by atomic mass is 9.55. The molecule has 2 atom stereocenters. The standard InChI is InChI=1S/C22H22O3/c23-19-10-11-22(14-15-4-2-1-3-5-15)18(13-19)8-6-16-12-17(21(24)25)7-9-20(16)22/h1-5,7,9,12,18H,6,8,10-11,13-14H2,(H,24,25)/t18-,22-/m0/s1. The van der Waals surface area contributed by atoms with E-state index in [9.17, 15) is 14.7 Å². The number of carboxylic acid groups (broad SMARTS) is 1. The molecule has 1 saturated carbocycles. The summed E-state index contributed by atoms with van der Waals surface area (Å²) in [7, 11) is 0. The fourth-order valence-corrected chi connectivity index (χ4v) is 4.91. The molecule has 2 aliphatic rings. The van der Waals surface area contributed by atoms with Crippen LogP contribution in [0.3, 0.4) is 0 Å². The van der Waals surface area contributed by atoms with Crippen molar-refractivity contribution in [2.45, 2.75) is 43.9 Å². The highest BCUT2D eigenvalue weighted by molar-refractivity contribution is 5.88. The van der Waals surface area contributed by atoms with Gasteiger partial charge in [-0.25, -0.2) is 4.79 Å². The number of Topliss-reactive ketones (excluding diaryl/α,β-unsaturated/α-hetero) is 1. The first-order valence-corrected chi connectivity index (χ1v) is 9.01. The Kier molecular flexibility index (Phi) is 3.95. The number of hydrogen-bond donors (Lipinski definition) is 1. The summed E-state index contributed by atoms with van der Waals surface area (Å²) in [5, 5.41) is 9.31. The molecule has 0 bridgehead atoms. The van der Waals surface area contributed by atoms with Gasteiger partial charge in [0.25, 0.3) is 0 Å². The van der Waals surface area contributed by atoms with E-state index in [1.807, 2.05) is 18.2 Å². The molecule has 0 unspecified atom stereocenters. The largest absolute Gasteiger partial charge is 0.478 e. The minimum absolute atomic E-state index is 0.0418. The third-order valence-electron chi connectivity index (χ3n) is 6.12. The highest BCUT2D eigenvalue weighted by atomic mass is 16.4. The normalized spacial score (nSPS) is 25.1. The minimum Gasteiger partial charge on any atom is -0.478 e. The Morgan fingerprint density at radius 3 is 2.68 bits per heavy atom. The van der Waals surface area contributed by atoms with Gasteiger partial charge in [0.05, 0.1) is 5.56 Å². The van der Waals surface area contributed by atoms with Gasteiger partial charge in [-0.3, -0.25) is 4.79 Å². The van der Waals surface area contributed by atoms with E-state index in [0.29, 0.717) is 30.1 Å². The smallest absolute Gasteiger partial charge is 0.335 e. The molecule has 128 valence electrons. The maximum absolute atomic E-state index is 12.1. The van der Waals surface area contributed by atoms with Gasteiger partial charge in [-0.15, -0.1) is 0 Å². The molecule has 0 spiro atoms. The Balaban J connectivity index is 1.81. The van der Waals surface area contributed by atoms with Crippen molar-refractivity contribution in [2.75, 3.05) is 0 Å². The quantitative estimate of drug-likeness (QED) is 0.916. The van der Waals surface area contributed by atoms with Crippen LogP contribution < -0.4 is 0 Å². The van der Waals surface area contributed by atoms with Crippen LogP contribution in [0.2, 0.25) is 0 Å². The van der Waals surface area contributed by atoms with Crippen LogP contribution in [0.25, 0.3) is 0 Å². The number of ketones is 1. The predicted octanol–water partition coefficient (Wildman–Crippen LogP) is 4.18. The van der Waals surface area contributed by atoms with Crippen LogP contribution in [0.15, 0.2) is 48.5 Å². The molecule has 4 rings (SSSR count). The molecule has 0 radical (unpaired) electrons. The third-order valence-corrected chi connectivity index (χ3v) is 6.12. The van der Waals surface area contributed by atoms with Crippen molar-refractivity contribution in [3.05, 3.63) is 70.8 Å². The van der Waals surface area contributed by atoms with Gasteiger partial charge in [0, 0.05) is 18.3 Å². The van der Waals surface area contributed by atoms with E-state index in [4.69, 9.17) is 0 Å². The number of aryl methyl sites for hydroxylation is 1. The molecule has 0 heterocycles. The maximum Gasteiger partial charge on any atom is 0.335 e. The average Bonchev–Trinajstić information content (AvgIpc) is 2.62. The number of benzene rings is 2. The number of carbonyl (C=O) groups is 2. The summed E-state index contributed by atoms with van der Waals surface area (Å²) in [4.78, 5) is 23.4. The summed E-state index contributed by atoms with van der Waals surface area (Å²) in [6.07, 6.45) is 4.91. The van der Waals surface area contributed by atoms with E-state index >= 15 is 0 Å². The van der Waals surface area contributed by atoms with Gasteiger partial charge in [-0.2, -0.15) is 0 Å². The van der Waals surface area contributed by atoms with Gasteiger partial charge in [-0.05, 0) is 60.4 Å². The molecule has 1 N–H and O–H groups in total. The second-order valence-corrected chi connectivity index (χ2v) is 7.47. The zero-order chi connectivity index (χ0) is 17.4. The van der Waals surface area contributed by atoms with E-state index in [1.165, 1.54) is 11.1 Å². The van der Waals surface area contributed by atoms with Gasteiger partial charge in [0.15, 0.2) is 0 Å². The van der Waals surface area contributed by atoms with Crippen molar-refractivity contribution in [3.8, 4) is 0 Å². The average molecular weight is 334 g/mol. The molecular weight excluding hydrogens is 312 g/mol. The van der Waals surface area contributed by atoms with Crippen molar-refractivity contribution in [3.63, 3.8) is 0 Å². The van der Waals surface area contributed by atoms with Gasteiger partial charge in [0.1, 0.15) is 5.78 Å². The summed E-state index contributed by atoms with van der Waals surface area (Å²) in [5.74, 6) is -0.141. The first-order valence-electron chi connectivity index (χ1n) is 9.01. The molecule has 0 saturated heterocycles. The first-order chi connectivity index (χ1) is 12.1. The molecule has 3 heteroatoms. The Morgan fingerprint density at radius 2 is 1.92 bits per heavy atom. The van der Waals surface area contributed by atoms with Crippen LogP contribution in [0.5, 0.6) is 0 Å². The van der Waals surface area contributed by atoms with Gasteiger partial charge in [0.2, 0.25) is 0 Å². The van der Waals surface area contributed by atoms with Crippen LogP contribution in [-0.4, -0.2) is 16.9 Å². The zero-order valence-electron chi connectivity index (χ0n) is 14.2. The number of rotatable bonds is 3. The van der Waals surface area contributed by atoms with Crippen LogP contribution in [0.1, 0.15) is 52.7 Å². The molecule has 0 aliphatic heterocycles. The van der Waals surface area contributed by atoms with E-state index in [2.05, 4.69) is 24.3 Å². The van der Waals surface area contributed by atoms with E-state index < -0.39 is 5.97 Å². The SMILES string of the molecule is O=C1CC[C@@]2(Cc3ccccc3)c3ccc(C(=O)O)cc3CC[C@H]2C1. The predicted molar refractivity (Wildman–Crippen MR) is 95.9 cm³/mol. The lowest BCUT2D eigenvalue weighted by Gasteiger charge is -2.48.